The largest absolute Gasteiger partial charge is 0.372 e. The average molecular weight is 320 g/mol. The summed E-state index contributed by atoms with van der Waals surface area (Å²) in [6, 6.07) is 17.7. The Hall–Kier alpha value is -2.22. The molecule has 0 radical (unpaired) electrons. The zero-order valence-electron chi connectivity index (χ0n) is 14.9. The van der Waals surface area contributed by atoms with Crippen molar-refractivity contribution in [2.45, 2.75) is 39.5 Å². The highest BCUT2D eigenvalue weighted by Crippen LogP contribution is 2.29. The summed E-state index contributed by atoms with van der Waals surface area (Å²) >= 11 is 0. The summed E-state index contributed by atoms with van der Waals surface area (Å²) < 4.78 is 0. The summed E-state index contributed by atoms with van der Waals surface area (Å²) in [5.74, 6) is 1.27. The highest BCUT2D eigenvalue weighted by molar-refractivity contribution is 5.25. The Morgan fingerprint density at radius 1 is 0.708 bits per heavy atom. The van der Waals surface area contributed by atoms with Gasteiger partial charge in [-0.3, -0.25) is 0 Å². The summed E-state index contributed by atoms with van der Waals surface area (Å²) in [4.78, 5) is 0. The molecule has 2 aromatic carbocycles. The normalized spacial score (nSPS) is 12.8. The lowest BCUT2D eigenvalue weighted by atomic mass is 10.1. The summed E-state index contributed by atoms with van der Waals surface area (Å²) in [6.45, 7) is 6.24. The average Bonchev–Trinajstić information content (AvgIpc) is 3.42. The maximum atomic E-state index is 3.61. The maximum absolute atomic E-state index is 3.61. The number of nitrogens with one attached hydrogen (secondary N) is 2. The van der Waals surface area contributed by atoms with E-state index in [1.807, 2.05) is 0 Å². The fourth-order valence-corrected chi connectivity index (χ4v) is 2.80. The molecule has 2 aromatic rings. The van der Waals surface area contributed by atoms with E-state index >= 15 is 0 Å². The van der Waals surface area contributed by atoms with Gasteiger partial charge in [-0.2, -0.15) is 0 Å². The predicted octanol–water partition coefficient (Wildman–Crippen LogP) is 4.27. The first-order valence-electron chi connectivity index (χ1n) is 9.01. The van der Waals surface area contributed by atoms with Crippen LogP contribution >= 0.6 is 0 Å². The van der Waals surface area contributed by atoms with Crippen LogP contribution in [-0.2, 0) is 12.8 Å². The minimum absolute atomic E-state index is 0.986. The van der Waals surface area contributed by atoms with E-state index in [2.05, 4.69) is 73.0 Å². The van der Waals surface area contributed by atoms with Crippen LogP contribution in [0, 0.1) is 13.8 Å². The third-order valence-corrected chi connectivity index (χ3v) is 4.53. The van der Waals surface area contributed by atoms with Gasteiger partial charge in [0.15, 0.2) is 0 Å². The van der Waals surface area contributed by atoms with Crippen molar-refractivity contribution in [3.8, 4) is 0 Å². The van der Waals surface area contributed by atoms with Gasteiger partial charge in [0.1, 0.15) is 0 Å². The molecule has 0 unspecified atom stereocenters. The molecule has 1 aliphatic carbocycles. The molecule has 1 aliphatic rings. The summed E-state index contributed by atoms with van der Waals surface area (Å²) in [5.41, 5.74) is 6.99. The third-order valence-electron chi connectivity index (χ3n) is 4.53. The molecule has 24 heavy (non-hydrogen) atoms. The van der Waals surface area contributed by atoms with Gasteiger partial charge in [-0.25, -0.2) is 0 Å². The van der Waals surface area contributed by atoms with Crippen LogP contribution in [0.5, 0.6) is 0 Å². The zero-order chi connectivity index (χ0) is 16.8. The summed E-state index contributed by atoms with van der Waals surface area (Å²) in [5, 5.41) is 7.22. The second-order valence-electron chi connectivity index (χ2n) is 6.80. The molecule has 2 heteroatoms. The molecule has 0 bridgehead atoms. The van der Waals surface area contributed by atoms with E-state index in [1.54, 1.807) is 5.57 Å². The topological polar surface area (TPSA) is 24.1 Å². The Morgan fingerprint density at radius 3 is 1.50 bits per heavy atom. The molecular weight excluding hydrogens is 292 g/mol. The van der Waals surface area contributed by atoms with E-state index in [4.69, 9.17) is 0 Å². The van der Waals surface area contributed by atoms with Crippen LogP contribution in [0.4, 0.5) is 0 Å². The fourth-order valence-electron chi connectivity index (χ4n) is 2.80. The number of hydrogen-bond acceptors (Lipinski definition) is 2. The SMILES string of the molecule is Cc1ccc(CCNC(NCCc2ccc(C)cc2)=C2CC2)cc1. The third kappa shape index (κ3) is 5.16. The fraction of sp³-hybridized carbons (Fsp3) is 0.364. The molecule has 2 N–H and O–H groups in total. The maximum Gasteiger partial charge on any atom is 0.0978 e. The Labute approximate surface area is 146 Å². The molecule has 0 aliphatic heterocycles. The number of rotatable bonds is 8. The minimum Gasteiger partial charge on any atom is -0.372 e. The van der Waals surface area contributed by atoms with Crippen molar-refractivity contribution in [3.05, 3.63) is 82.2 Å². The van der Waals surface area contributed by atoms with Gasteiger partial charge in [0, 0.05) is 13.1 Å². The molecular formula is C22H28N2. The standard InChI is InChI=1S/C22H28N2/c1-17-3-7-19(8-4-17)13-15-23-22(21-11-12-21)24-16-14-20-9-5-18(2)6-10-20/h3-10,23-24H,11-16H2,1-2H3. The molecule has 0 saturated heterocycles. The van der Waals surface area contributed by atoms with E-state index in [0.29, 0.717) is 0 Å². The lowest BCUT2D eigenvalue weighted by molar-refractivity contribution is 0.671. The molecule has 1 fully saturated rings. The highest BCUT2D eigenvalue weighted by atomic mass is 15.1. The second-order valence-corrected chi connectivity index (χ2v) is 6.80. The predicted molar refractivity (Wildman–Crippen MR) is 102 cm³/mol. The first-order valence-corrected chi connectivity index (χ1v) is 9.01. The molecule has 0 atom stereocenters. The van der Waals surface area contributed by atoms with Gasteiger partial charge in [-0.15, -0.1) is 0 Å². The zero-order valence-corrected chi connectivity index (χ0v) is 14.9. The highest BCUT2D eigenvalue weighted by Gasteiger charge is 2.17. The van der Waals surface area contributed by atoms with Crippen molar-refractivity contribution >= 4 is 0 Å². The smallest absolute Gasteiger partial charge is 0.0978 e. The van der Waals surface area contributed by atoms with Crippen LogP contribution in [0.1, 0.15) is 35.1 Å². The molecule has 0 amide bonds. The molecule has 3 rings (SSSR count). The van der Waals surface area contributed by atoms with Gasteiger partial charge in [0.2, 0.25) is 0 Å². The van der Waals surface area contributed by atoms with Crippen molar-refractivity contribution in [2.75, 3.05) is 13.1 Å². The van der Waals surface area contributed by atoms with E-state index < -0.39 is 0 Å². The Morgan fingerprint density at radius 2 is 1.12 bits per heavy atom. The van der Waals surface area contributed by atoms with E-state index in [0.717, 1.165) is 25.9 Å². The molecule has 0 spiro atoms. The summed E-state index contributed by atoms with van der Waals surface area (Å²) in [6.07, 6.45) is 4.61. The number of hydrogen-bond donors (Lipinski definition) is 2. The monoisotopic (exact) mass is 320 g/mol. The first-order chi connectivity index (χ1) is 11.7. The Bertz CT molecular complexity index is 621. The van der Waals surface area contributed by atoms with Gasteiger partial charge in [0.05, 0.1) is 5.82 Å². The van der Waals surface area contributed by atoms with Crippen LogP contribution in [-0.4, -0.2) is 13.1 Å². The lowest BCUT2D eigenvalue weighted by Crippen LogP contribution is -2.29. The second kappa shape index (κ2) is 8.05. The molecule has 0 heterocycles. The molecule has 2 nitrogen and oxygen atoms in total. The number of allylic oxidation sites excluding steroid dienone is 1. The number of aryl methyl sites for hydroxylation is 2. The van der Waals surface area contributed by atoms with Crippen LogP contribution in [0.25, 0.3) is 0 Å². The lowest BCUT2D eigenvalue weighted by Gasteiger charge is -2.14. The van der Waals surface area contributed by atoms with Crippen molar-refractivity contribution in [1.82, 2.24) is 10.6 Å². The number of benzene rings is 2. The van der Waals surface area contributed by atoms with Crippen molar-refractivity contribution in [1.29, 1.82) is 0 Å². The van der Waals surface area contributed by atoms with Crippen molar-refractivity contribution in [3.63, 3.8) is 0 Å². The van der Waals surface area contributed by atoms with Crippen LogP contribution in [0.15, 0.2) is 59.9 Å². The minimum atomic E-state index is 0.986. The molecule has 0 aromatic heterocycles. The van der Waals surface area contributed by atoms with Gasteiger partial charge in [0.25, 0.3) is 0 Å². The molecule has 126 valence electrons. The summed E-state index contributed by atoms with van der Waals surface area (Å²) in [7, 11) is 0. The van der Waals surface area contributed by atoms with Crippen molar-refractivity contribution in [2.24, 2.45) is 0 Å². The van der Waals surface area contributed by atoms with E-state index in [-0.39, 0.29) is 0 Å². The van der Waals surface area contributed by atoms with E-state index in [9.17, 15) is 0 Å². The van der Waals surface area contributed by atoms with Crippen LogP contribution in [0.2, 0.25) is 0 Å². The van der Waals surface area contributed by atoms with Gasteiger partial charge in [-0.05, 0) is 56.2 Å². The Balaban J connectivity index is 1.43. The quantitative estimate of drug-likeness (QED) is 0.759. The van der Waals surface area contributed by atoms with Gasteiger partial charge >= 0.3 is 0 Å². The van der Waals surface area contributed by atoms with Crippen LogP contribution < -0.4 is 10.6 Å². The van der Waals surface area contributed by atoms with Gasteiger partial charge in [-0.1, -0.05) is 59.7 Å². The first kappa shape index (κ1) is 16.6. The Kier molecular flexibility index (Phi) is 5.58. The van der Waals surface area contributed by atoms with Crippen LogP contribution in [0.3, 0.4) is 0 Å². The van der Waals surface area contributed by atoms with Gasteiger partial charge < -0.3 is 10.6 Å². The molecule has 1 saturated carbocycles. The van der Waals surface area contributed by atoms with Crippen molar-refractivity contribution < 1.29 is 0 Å². The van der Waals surface area contributed by atoms with E-state index in [1.165, 1.54) is 40.9 Å².